The standard InChI is InChI=1S/C12H16N2O2/c1-7(2)12-14-9-4-3-8(10(15)6-13)5-11(9)16-12/h3-5,7,10,15H,6,13H2,1-2H3. The molecule has 0 saturated heterocycles. The average molecular weight is 220 g/mol. The van der Waals surface area contributed by atoms with Crippen molar-refractivity contribution < 1.29 is 9.52 Å². The van der Waals surface area contributed by atoms with Crippen LogP contribution in [0.2, 0.25) is 0 Å². The summed E-state index contributed by atoms with van der Waals surface area (Å²) < 4.78 is 5.60. The van der Waals surface area contributed by atoms with Crippen molar-refractivity contribution >= 4 is 11.1 Å². The fraction of sp³-hybridized carbons (Fsp3) is 0.417. The lowest BCUT2D eigenvalue weighted by Crippen LogP contribution is -2.11. The predicted molar refractivity (Wildman–Crippen MR) is 62.1 cm³/mol. The van der Waals surface area contributed by atoms with E-state index in [0.29, 0.717) is 5.58 Å². The van der Waals surface area contributed by atoms with Crippen LogP contribution in [-0.2, 0) is 0 Å². The number of nitrogens with zero attached hydrogens (tertiary/aromatic N) is 1. The molecule has 2 aromatic rings. The smallest absolute Gasteiger partial charge is 0.198 e. The molecule has 0 aliphatic heterocycles. The first-order valence-electron chi connectivity index (χ1n) is 5.40. The lowest BCUT2D eigenvalue weighted by atomic mass is 10.1. The van der Waals surface area contributed by atoms with Gasteiger partial charge in [-0.15, -0.1) is 0 Å². The maximum absolute atomic E-state index is 9.62. The Balaban J connectivity index is 2.45. The molecule has 2 rings (SSSR count). The molecule has 3 N–H and O–H groups in total. The van der Waals surface area contributed by atoms with Crippen LogP contribution in [0.15, 0.2) is 22.6 Å². The van der Waals surface area contributed by atoms with Crippen LogP contribution >= 0.6 is 0 Å². The van der Waals surface area contributed by atoms with Crippen molar-refractivity contribution in [2.45, 2.75) is 25.9 Å². The Morgan fingerprint density at radius 3 is 2.81 bits per heavy atom. The summed E-state index contributed by atoms with van der Waals surface area (Å²) in [4.78, 5) is 4.36. The molecule has 0 aliphatic carbocycles. The molecule has 0 aliphatic rings. The lowest BCUT2D eigenvalue weighted by Gasteiger charge is -2.06. The van der Waals surface area contributed by atoms with Gasteiger partial charge in [-0.3, -0.25) is 0 Å². The zero-order valence-electron chi connectivity index (χ0n) is 9.47. The zero-order valence-corrected chi connectivity index (χ0v) is 9.47. The van der Waals surface area contributed by atoms with E-state index in [-0.39, 0.29) is 12.5 Å². The SMILES string of the molecule is CC(C)c1nc2ccc(C(O)CN)cc2o1. The van der Waals surface area contributed by atoms with Crippen molar-refractivity contribution in [2.24, 2.45) is 5.73 Å². The van der Waals surface area contributed by atoms with Crippen molar-refractivity contribution in [3.05, 3.63) is 29.7 Å². The molecule has 1 heterocycles. The summed E-state index contributed by atoms with van der Waals surface area (Å²) in [7, 11) is 0. The Morgan fingerprint density at radius 1 is 1.44 bits per heavy atom. The lowest BCUT2D eigenvalue weighted by molar-refractivity contribution is 0.187. The summed E-state index contributed by atoms with van der Waals surface area (Å²) in [5, 5.41) is 9.62. The molecule has 0 saturated carbocycles. The van der Waals surface area contributed by atoms with Gasteiger partial charge in [0.15, 0.2) is 11.5 Å². The first-order chi connectivity index (χ1) is 7.61. The Morgan fingerprint density at radius 2 is 2.19 bits per heavy atom. The van der Waals surface area contributed by atoms with Crippen LogP contribution in [0.5, 0.6) is 0 Å². The highest BCUT2D eigenvalue weighted by Crippen LogP contribution is 2.24. The van der Waals surface area contributed by atoms with Gasteiger partial charge < -0.3 is 15.3 Å². The Labute approximate surface area is 94.1 Å². The molecule has 1 aromatic heterocycles. The van der Waals surface area contributed by atoms with E-state index in [0.717, 1.165) is 17.0 Å². The largest absolute Gasteiger partial charge is 0.440 e. The number of nitrogens with two attached hydrogens (primary N) is 1. The zero-order chi connectivity index (χ0) is 11.7. The van der Waals surface area contributed by atoms with Crippen LogP contribution in [0.3, 0.4) is 0 Å². The third kappa shape index (κ3) is 1.94. The van der Waals surface area contributed by atoms with Crippen LogP contribution in [0, 0.1) is 0 Å². The van der Waals surface area contributed by atoms with E-state index in [9.17, 15) is 5.11 Å². The molecule has 1 unspecified atom stereocenters. The molecule has 1 aromatic carbocycles. The van der Waals surface area contributed by atoms with E-state index >= 15 is 0 Å². The van der Waals surface area contributed by atoms with Gasteiger partial charge in [-0.2, -0.15) is 0 Å². The van der Waals surface area contributed by atoms with E-state index in [1.165, 1.54) is 0 Å². The quantitative estimate of drug-likeness (QED) is 0.829. The number of hydrogen-bond donors (Lipinski definition) is 2. The van der Waals surface area contributed by atoms with Gasteiger partial charge in [0.2, 0.25) is 0 Å². The van der Waals surface area contributed by atoms with Crippen LogP contribution < -0.4 is 5.73 Å². The molecular formula is C12H16N2O2. The molecule has 16 heavy (non-hydrogen) atoms. The van der Waals surface area contributed by atoms with E-state index in [4.69, 9.17) is 10.2 Å². The van der Waals surface area contributed by atoms with Gasteiger partial charge >= 0.3 is 0 Å². The minimum absolute atomic E-state index is 0.205. The number of aliphatic hydroxyl groups is 1. The Bertz CT molecular complexity index is 491. The van der Waals surface area contributed by atoms with E-state index in [1.807, 2.05) is 26.0 Å². The predicted octanol–water partition coefficient (Wildman–Crippen LogP) is 1.94. The highest BCUT2D eigenvalue weighted by molar-refractivity contribution is 5.73. The number of benzene rings is 1. The molecular weight excluding hydrogens is 204 g/mol. The summed E-state index contributed by atoms with van der Waals surface area (Å²) in [6.07, 6.45) is -0.642. The summed E-state index contributed by atoms with van der Waals surface area (Å²) >= 11 is 0. The number of aromatic nitrogens is 1. The molecule has 0 radical (unpaired) electrons. The minimum atomic E-state index is -0.642. The Hall–Kier alpha value is -1.39. The second-order valence-corrected chi connectivity index (χ2v) is 4.19. The monoisotopic (exact) mass is 220 g/mol. The number of oxazole rings is 1. The van der Waals surface area contributed by atoms with Gasteiger partial charge in [-0.1, -0.05) is 19.9 Å². The fourth-order valence-electron chi connectivity index (χ4n) is 1.55. The number of aliphatic hydroxyl groups excluding tert-OH is 1. The van der Waals surface area contributed by atoms with E-state index in [2.05, 4.69) is 4.98 Å². The molecule has 1 atom stereocenters. The second kappa shape index (κ2) is 4.23. The van der Waals surface area contributed by atoms with Crippen molar-refractivity contribution in [1.82, 2.24) is 4.98 Å². The van der Waals surface area contributed by atoms with Crippen LogP contribution in [-0.4, -0.2) is 16.6 Å². The average Bonchev–Trinajstić information content (AvgIpc) is 2.70. The third-order valence-corrected chi connectivity index (χ3v) is 2.53. The van der Waals surface area contributed by atoms with Crippen molar-refractivity contribution in [3.8, 4) is 0 Å². The molecule has 86 valence electrons. The number of hydrogen-bond acceptors (Lipinski definition) is 4. The highest BCUT2D eigenvalue weighted by Gasteiger charge is 2.11. The topological polar surface area (TPSA) is 72.3 Å². The van der Waals surface area contributed by atoms with Gasteiger partial charge in [0.05, 0.1) is 6.10 Å². The molecule has 0 spiro atoms. The second-order valence-electron chi connectivity index (χ2n) is 4.19. The highest BCUT2D eigenvalue weighted by atomic mass is 16.3. The Kier molecular flexibility index (Phi) is 2.94. The molecule has 0 bridgehead atoms. The summed E-state index contributed by atoms with van der Waals surface area (Å²) in [6, 6.07) is 5.47. The summed E-state index contributed by atoms with van der Waals surface area (Å²) in [5.74, 6) is 0.977. The van der Waals surface area contributed by atoms with E-state index in [1.54, 1.807) is 6.07 Å². The number of rotatable bonds is 3. The minimum Gasteiger partial charge on any atom is -0.440 e. The van der Waals surface area contributed by atoms with Crippen molar-refractivity contribution in [2.75, 3.05) is 6.54 Å². The molecule has 4 heteroatoms. The van der Waals surface area contributed by atoms with Gasteiger partial charge in [0.25, 0.3) is 0 Å². The normalized spacial score (nSPS) is 13.6. The third-order valence-electron chi connectivity index (χ3n) is 2.53. The van der Waals surface area contributed by atoms with Gasteiger partial charge in [0.1, 0.15) is 5.52 Å². The molecule has 4 nitrogen and oxygen atoms in total. The molecule has 0 amide bonds. The first kappa shape index (κ1) is 11.1. The van der Waals surface area contributed by atoms with Gasteiger partial charge in [0, 0.05) is 12.5 Å². The maximum Gasteiger partial charge on any atom is 0.198 e. The first-order valence-corrected chi connectivity index (χ1v) is 5.40. The van der Waals surface area contributed by atoms with Crippen molar-refractivity contribution in [1.29, 1.82) is 0 Å². The fourth-order valence-corrected chi connectivity index (χ4v) is 1.55. The van der Waals surface area contributed by atoms with Crippen LogP contribution in [0.25, 0.3) is 11.1 Å². The van der Waals surface area contributed by atoms with E-state index < -0.39 is 6.10 Å². The molecule has 0 fully saturated rings. The van der Waals surface area contributed by atoms with Crippen LogP contribution in [0.1, 0.15) is 37.3 Å². The van der Waals surface area contributed by atoms with Gasteiger partial charge in [-0.25, -0.2) is 4.98 Å². The van der Waals surface area contributed by atoms with Gasteiger partial charge in [-0.05, 0) is 17.7 Å². The maximum atomic E-state index is 9.62. The number of fused-ring (bicyclic) bond motifs is 1. The summed E-state index contributed by atoms with van der Waals surface area (Å²) in [5.41, 5.74) is 7.69. The van der Waals surface area contributed by atoms with Crippen molar-refractivity contribution in [3.63, 3.8) is 0 Å². The summed E-state index contributed by atoms with van der Waals surface area (Å²) in [6.45, 7) is 4.26. The van der Waals surface area contributed by atoms with Crippen LogP contribution in [0.4, 0.5) is 0 Å².